The molecule has 1 aromatic carbocycles. The van der Waals surface area contributed by atoms with Crippen LogP contribution in [0.1, 0.15) is 28.8 Å². The Morgan fingerprint density at radius 1 is 1.17 bits per heavy atom. The number of carbonyl (C=O) groups excluding carboxylic acids is 1. The zero-order valence-electron chi connectivity index (χ0n) is 13.4. The second kappa shape index (κ2) is 7.04. The standard InChI is InChI=1S/C17H20N2O3S2/c1-13-2-4-16(5-3-13)24(21,22)18-15-6-9-19(10-7-15)17(20)14-8-11-23-12-14/h2-5,8,11-12,15,18H,6-7,9-10H2,1H3. The number of rotatable bonds is 4. The third kappa shape index (κ3) is 3.85. The SMILES string of the molecule is Cc1ccc(S(=O)(=O)NC2CCN(C(=O)c3ccsc3)CC2)cc1. The van der Waals surface area contributed by atoms with Crippen molar-refractivity contribution in [1.29, 1.82) is 0 Å². The van der Waals surface area contributed by atoms with Gasteiger partial charge in [-0.2, -0.15) is 11.3 Å². The predicted molar refractivity (Wildman–Crippen MR) is 94.7 cm³/mol. The minimum absolute atomic E-state index is 0.0242. The first-order valence-corrected chi connectivity index (χ1v) is 10.3. The van der Waals surface area contributed by atoms with E-state index in [0.717, 1.165) is 5.56 Å². The van der Waals surface area contributed by atoms with Crippen LogP contribution in [0.2, 0.25) is 0 Å². The predicted octanol–water partition coefficient (Wildman–Crippen LogP) is 2.64. The lowest BCUT2D eigenvalue weighted by Gasteiger charge is -2.32. The van der Waals surface area contributed by atoms with Crippen LogP contribution in [-0.2, 0) is 10.0 Å². The lowest BCUT2D eigenvalue weighted by Crippen LogP contribution is -2.46. The maximum absolute atomic E-state index is 12.4. The van der Waals surface area contributed by atoms with E-state index in [-0.39, 0.29) is 16.8 Å². The molecule has 128 valence electrons. The van der Waals surface area contributed by atoms with E-state index in [9.17, 15) is 13.2 Å². The molecule has 0 radical (unpaired) electrons. The van der Waals surface area contributed by atoms with Crippen molar-refractivity contribution in [1.82, 2.24) is 9.62 Å². The maximum atomic E-state index is 12.4. The highest BCUT2D eigenvalue weighted by Crippen LogP contribution is 2.18. The van der Waals surface area contributed by atoms with Crippen LogP contribution >= 0.6 is 11.3 Å². The molecule has 0 saturated carbocycles. The fraction of sp³-hybridized carbons (Fsp3) is 0.353. The van der Waals surface area contributed by atoms with E-state index in [2.05, 4.69) is 4.72 Å². The molecule has 1 amide bonds. The Balaban J connectivity index is 1.59. The van der Waals surface area contributed by atoms with E-state index >= 15 is 0 Å². The molecule has 2 heterocycles. The number of likely N-dealkylation sites (tertiary alicyclic amines) is 1. The minimum atomic E-state index is -3.51. The van der Waals surface area contributed by atoms with Crippen LogP contribution in [0.5, 0.6) is 0 Å². The monoisotopic (exact) mass is 364 g/mol. The van der Waals surface area contributed by atoms with E-state index < -0.39 is 10.0 Å². The molecule has 7 heteroatoms. The third-order valence-corrected chi connectivity index (χ3v) is 6.42. The van der Waals surface area contributed by atoms with Crippen molar-refractivity contribution in [2.24, 2.45) is 0 Å². The molecule has 2 aromatic rings. The van der Waals surface area contributed by atoms with Crippen molar-refractivity contribution in [3.8, 4) is 0 Å². The molecule has 0 unspecified atom stereocenters. The molecule has 0 spiro atoms. The van der Waals surface area contributed by atoms with Crippen LogP contribution < -0.4 is 4.72 Å². The van der Waals surface area contributed by atoms with Crippen molar-refractivity contribution < 1.29 is 13.2 Å². The number of benzene rings is 1. The van der Waals surface area contributed by atoms with Crippen molar-refractivity contribution >= 4 is 27.3 Å². The molecule has 1 aliphatic heterocycles. The summed E-state index contributed by atoms with van der Waals surface area (Å²) in [6, 6.07) is 8.50. The van der Waals surface area contributed by atoms with Crippen LogP contribution in [0.25, 0.3) is 0 Å². The quantitative estimate of drug-likeness (QED) is 0.907. The molecule has 0 aliphatic carbocycles. The van der Waals surface area contributed by atoms with Crippen LogP contribution in [0.3, 0.4) is 0 Å². The lowest BCUT2D eigenvalue weighted by molar-refractivity contribution is 0.0712. The highest BCUT2D eigenvalue weighted by Gasteiger charge is 2.27. The second-order valence-corrected chi connectivity index (χ2v) is 8.51. The van der Waals surface area contributed by atoms with Gasteiger partial charge in [0.05, 0.1) is 10.5 Å². The number of amides is 1. The molecule has 0 atom stereocenters. The number of sulfonamides is 1. The number of piperidine rings is 1. The fourth-order valence-corrected chi connectivity index (χ4v) is 4.71. The summed E-state index contributed by atoms with van der Waals surface area (Å²) in [7, 11) is -3.51. The van der Waals surface area contributed by atoms with Gasteiger partial charge in [0.25, 0.3) is 5.91 Å². The molecule has 1 saturated heterocycles. The van der Waals surface area contributed by atoms with Crippen LogP contribution in [0, 0.1) is 6.92 Å². The van der Waals surface area contributed by atoms with Gasteiger partial charge in [-0.3, -0.25) is 4.79 Å². The first kappa shape index (κ1) is 17.1. The van der Waals surface area contributed by atoms with Gasteiger partial charge in [0, 0.05) is 24.5 Å². The van der Waals surface area contributed by atoms with Crippen LogP contribution in [0.15, 0.2) is 46.0 Å². The number of hydrogen-bond acceptors (Lipinski definition) is 4. The molecule has 5 nitrogen and oxygen atoms in total. The summed E-state index contributed by atoms with van der Waals surface area (Å²) in [6.45, 7) is 3.05. The Morgan fingerprint density at radius 3 is 2.42 bits per heavy atom. The van der Waals surface area contributed by atoms with Gasteiger partial charge in [-0.1, -0.05) is 17.7 Å². The van der Waals surface area contributed by atoms with E-state index in [1.807, 2.05) is 23.8 Å². The number of nitrogens with zero attached hydrogens (tertiary/aromatic N) is 1. The largest absolute Gasteiger partial charge is 0.339 e. The highest BCUT2D eigenvalue weighted by atomic mass is 32.2. The first-order chi connectivity index (χ1) is 11.5. The molecule has 3 rings (SSSR count). The van der Waals surface area contributed by atoms with Gasteiger partial charge in [-0.15, -0.1) is 0 Å². The number of nitrogens with one attached hydrogen (secondary N) is 1. The Kier molecular flexibility index (Phi) is 5.03. The Labute approximate surface area is 146 Å². The van der Waals surface area contributed by atoms with E-state index in [0.29, 0.717) is 31.5 Å². The summed E-state index contributed by atoms with van der Waals surface area (Å²) in [4.78, 5) is 14.4. The first-order valence-electron chi connectivity index (χ1n) is 7.86. The molecule has 1 aliphatic rings. The van der Waals surface area contributed by atoms with E-state index in [1.165, 1.54) is 11.3 Å². The van der Waals surface area contributed by atoms with E-state index in [1.54, 1.807) is 29.2 Å². The molecule has 1 N–H and O–H groups in total. The van der Waals surface area contributed by atoms with Crippen molar-refractivity contribution in [3.05, 3.63) is 52.2 Å². The summed E-state index contributed by atoms with van der Waals surface area (Å²) >= 11 is 1.50. The van der Waals surface area contributed by atoms with Crippen molar-refractivity contribution in [3.63, 3.8) is 0 Å². The maximum Gasteiger partial charge on any atom is 0.254 e. The molecular formula is C17H20N2O3S2. The van der Waals surface area contributed by atoms with Gasteiger partial charge in [0.2, 0.25) is 10.0 Å². The van der Waals surface area contributed by atoms with Crippen LogP contribution in [-0.4, -0.2) is 38.4 Å². The summed E-state index contributed by atoms with van der Waals surface area (Å²) in [5.74, 6) is 0.0242. The third-order valence-electron chi connectivity index (χ3n) is 4.20. The average Bonchev–Trinajstić information content (AvgIpc) is 3.09. The normalized spacial score (nSPS) is 16.3. The molecule has 1 aromatic heterocycles. The molecule has 1 fully saturated rings. The fourth-order valence-electron chi connectivity index (χ4n) is 2.77. The topological polar surface area (TPSA) is 66.5 Å². The lowest BCUT2D eigenvalue weighted by atomic mass is 10.1. The van der Waals surface area contributed by atoms with Crippen molar-refractivity contribution in [2.75, 3.05) is 13.1 Å². The summed E-state index contributed by atoms with van der Waals surface area (Å²) in [6.07, 6.45) is 1.25. The molecule has 24 heavy (non-hydrogen) atoms. The van der Waals surface area contributed by atoms with Gasteiger partial charge in [-0.05, 0) is 43.3 Å². The Hall–Kier alpha value is -1.70. The number of carbonyl (C=O) groups is 1. The number of thiophene rings is 1. The van der Waals surface area contributed by atoms with Gasteiger partial charge >= 0.3 is 0 Å². The summed E-state index contributed by atoms with van der Waals surface area (Å²) in [5, 5.41) is 3.73. The summed E-state index contributed by atoms with van der Waals surface area (Å²) < 4.78 is 27.6. The number of aryl methyl sites for hydroxylation is 1. The van der Waals surface area contributed by atoms with Crippen molar-refractivity contribution in [2.45, 2.75) is 30.7 Å². The van der Waals surface area contributed by atoms with Gasteiger partial charge in [0.15, 0.2) is 0 Å². The average molecular weight is 364 g/mol. The second-order valence-electron chi connectivity index (χ2n) is 6.01. The Bertz CT molecular complexity index is 791. The van der Waals surface area contributed by atoms with Crippen LogP contribution in [0.4, 0.5) is 0 Å². The van der Waals surface area contributed by atoms with Gasteiger partial charge < -0.3 is 4.90 Å². The van der Waals surface area contributed by atoms with Gasteiger partial charge in [-0.25, -0.2) is 13.1 Å². The summed E-state index contributed by atoms with van der Waals surface area (Å²) in [5.41, 5.74) is 1.73. The van der Waals surface area contributed by atoms with E-state index in [4.69, 9.17) is 0 Å². The zero-order valence-corrected chi connectivity index (χ0v) is 15.1. The number of hydrogen-bond donors (Lipinski definition) is 1. The molecular weight excluding hydrogens is 344 g/mol. The Morgan fingerprint density at radius 2 is 1.83 bits per heavy atom. The smallest absolute Gasteiger partial charge is 0.254 e. The highest BCUT2D eigenvalue weighted by molar-refractivity contribution is 7.89. The zero-order chi connectivity index (χ0) is 17.2. The minimum Gasteiger partial charge on any atom is -0.339 e. The van der Waals surface area contributed by atoms with Gasteiger partial charge in [0.1, 0.15) is 0 Å². The molecule has 0 bridgehead atoms.